The van der Waals surface area contributed by atoms with Crippen molar-refractivity contribution in [3.63, 3.8) is 0 Å². The summed E-state index contributed by atoms with van der Waals surface area (Å²) in [6, 6.07) is 3.40. The van der Waals surface area contributed by atoms with Crippen LogP contribution < -0.4 is 11.1 Å². The van der Waals surface area contributed by atoms with E-state index in [4.69, 9.17) is 10.2 Å². The lowest BCUT2D eigenvalue weighted by Crippen LogP contribution is -2.31. The number of furan rings is 1. The predicted molar refractivity (Wildman–Crippen MR) is 56.3 cm³/mol. The van der Waals surface area contributed by atoms with Crippen molar-refractivity contribution in [1.82, 2.24) is 5.32 Å². The molecule has 0 aliphatic heterocycles. The van der Waals surface area contributed by atoms with Gasteiger partial charge in [0, 0.05) is 6.54 Å². The molecule has 82 valence electrons. The second-order valence-electron chi connectivity index (χ2n) is 3.98. The molecule has 15 heavy (non-hydrogen) atoms. The fraction of sp³-hybridized carbons (Fsp3) is 0.545. The summed E-state index contributed by atoms with van der Waals surface area (Å²) in [7, 11) is 0. The maximum absolute atomic E-state index is 11.6. The summed E-state index contributed by atoms with van der Waals surface area (Å²) in [5, 5.41) is 2.86. The highest BCUT2D eigenvalue weighted by molar-refractivity contribution is 5.91. The lowest BCUT2D eigenvalue weighted by atomic mass is 9.85. The Kier molecular flexibility index (Phi) is 3.06. The van der Waals surface area contributed by atoms with Crippen LogP contribution in [-0.4, -0.2) is 12.5 Å². The average Bonchev–Trinajstić information content (AvgIpc) is 2.63. The third kappa shape index (κ3) is 2.39. The molecule has 1 aromatic heterocycles. The van der Waals surface area contributed by atoms with E-state index in [1.54, 1.807) is 12.1 Å². The van der Waals surface area contributed by atoms with Gasteiger partial charge in [-0.3, -0.25) is 4.79 Å². The van der Waals surface area contributed by atoms with E-state index in [0.29, 0.717) is 24.0 Å². The molecule has 1 aromatic rings. The molecule has 3 N–H and O–H groups in total. The van der Waals surface area contributed by atoms with Crippen LogP contribution in [0.4, 0.5) is 0 Å². The van der Waals surface area contributed by atoms with Crippen LogP contribution >= 0.6 is 0 Å². The number of hydrogen-bond acceptors (Lipinski definition) is 3. The minimum Gasteiger partial charge on any atom is -0.455 e. The second kappa shape index (κ2) is 4.49. The summed E-state index contributed by atoms with van der Waals surface area (Å²) in [5.41, 5.74) is 5.39. The lowest BCUT2D eigenvalue weighted by molar-refractivity contribution is 0.0909. The highest BCUT2D eigenvalue weighted by Crippen LogP contribution is 2.25. The molecule has 1 aliphatic rings. The minimum absolute atomic E-state index is 0.137. The van der Waals surface area contributed by atoms with Crippen LogP contribution in [0.1, 0.15) is 35.6 Å². The van der Waals surface area contributed by atoms with Gasteiger partial charge < -0.3 is 15.5 Å². The molecule has 0 unspecified atom stereocenters. The number of carbonyl (C=O) groups is 1. The van der Waals surface area contributed by atoms with Gasteiger partial charge in [0.05, 0.1) is 6.54 Å². The van der Waals surface area contributed by atoms with E-state index < -0.39 is 0 Å². The van der Waals surface area contributed by atoms with Crippen molar-refractivity contribution >= 4 is 5.91 Å². The fourth-order valence-corrected chi connectivity index (χ4v) is 1.63. The molecule has 2 rings (SSSR count). The van der Waals surface area contributed by atoms with E-state index in [-0.39, 0.29) is 5.91 Å². The van der Waals surface area contributed by atoms with Gasteiger partial charge in [-0.05, 0) is 30.9 Å². The van der Waals surface area contributed by atoms with Gasteiger partial charge in [0.2, 0.25) is 0 Å². The molecule has 0 spiro atoms. The normalized spacial score (nSPS) is 16.1. The second-order valence-corrected chi connectivity index (χ2v) is 3.98. The topological polar surface area (TPSA) is 68.3 Å². The van der Waals surface area contributed by atoms with Crippen LogP contribution in [0.15, 0.2) is 16.5 Å². The van der Waals surface area contributed by atoms with Gasteiger partial charge in [-0.2, -0.15) is 0 Å². The van der Waals surface area contributed by atoms with Gasteiger partial charge in [0.1, 0.15) is 5.76 Å². The van der Waals surface area contributed by atoms with Crippen molar-refractivity contribution in [1.29, 1.82) is 0 Å². The van der Waals surface area contributed by atoms with Crippen molar-refractivity contribution < 1.29 is 9.21 Å². The highest BCUT2D eigenvalue weighted by atomic mass is 16.4. The number of hydrogen-bond donors (Lipinski definition) is 2. The molecule has 1 saturated carbocycles. The van der Waals surface area contributed by atoms with Crippen LogP contribution in [0.3, 0.4) is 0 Å². The van der Waals surface area contributed by atoms with E-state index in [2.05, 4.69) is 5.32 Å². The van der Waals surface area contributed by atoms with Crippen molar-refractivity contribution in [2.75, 3.05) is 6.54 Å². The molecule has 1 heterocycles. The van der Waals surface area contributed by atoms with Crippen molar-refractivity contribution in [3.8, 4) is 0 Å². The first-order chi connectivity index (χ1) is 7.29. The Morgan fingerprint density at radius 1 is 1.53 bits per heavy atom. The Bertz CT molecular complexity index is 342. The van der Waals surface area contributed by atoms with Gasteiger partial charge in [-0.15, -0.1) is 0 Å². The van der Waals surface area contributed by atoms with Gasteiger partial charge in [-0.1, -0.05) is 6.42 Å². The Hall–Kier alpha value is -1.29. The van der Waals surface area contributed by atoms with E-state index in [1.807, 2.05) is 0 Å². The number of nitrogens with one attached hydrogen (secondary N) is 1. The summed E-state index contributed by atoms with van der Waals surface area (Å²) in [5.74, 6) is 1.53. The van der Waals surface area contributed by atoms with Crippen LogP contribution in [0, 0.1) is 5.92 Å². The Balaban J connectivity index is 1.83. The molecule has 4 heteroatoms. The zero-order valence-electron chi connectivity index (χ0n) is 8.66. The van der Waals surface area contributed by atoms with Crippen LogP contribution in [0.5, 0.6) is 0 Å². The van der Waals surface area contributed by atoms with E-state index in [0.717, 1.165) is 6.54 Å². The summed E-state index contributed by atoms with van der Waals surface area (Å²) in [4.78, 5) is 11.6. The summed E-state index contributed by atoms with van der Waals surface area (Å²) in [6.45, 7) is 1.09. The maximum Gasteiger partial charge on any atom is 0.287 e. The largest absolute Gasteiger partial charge is 0.455 e. The third-order valence-electron chi connectivity index (χ3n) is 2.86. The molecule has 1 amide bonds. The standard InChI is InChI=1S/C11H16N2O2/c12-6-9-4-5-10(15-9)11(14)13-7-8-2-1-3-8/h4-5,8H,1-3,6-7,12H2,(H,13,14). The fourth-order valence-electron chi connectivity index (χ4n) is 1.63. The molecule has 0 atom stereocenters. The Morgan fingerprint density at radius 2 is 2.33 bits per heavy atom. The zero-order valence-corrected chi connectivity index (χ0v) is 8.66. The molecular weight excluding hydrogens is 192 g/mol. The summed E-state index contributed by atoms with van der Waals surface area (Å²) in [6.07, 6.45) is 3.75. The van der Waals surface area contributed by atoms with Crippen molar-refractivity contribution in [3.05, 3.63) is 23.7 Å². The van der Waals surface area contributed by atoms with Gasteiger partial charge in [0.15, 0.2) is 5.76 Å². The summed E-state index contributed by atoms with van der Waals surface area (Å²) >= 11 is 0. The molecular formula is C11H16N2O2. The molecule has 4 nitrogen and oxygen atoms in total. The average molecular weight is 208 g/mol. The number of nitrogens with two attached hydrogens (primary N) is 1. The molecule has 1 aliphatic carbocycles. The number of carbonyl (C=O) groups excluding carboxylic acids is 1. The highest BCUT2D eigenvalue weighted by Gasteiger charge is 2.19. The maximum atomic E-state index is 11.6. The van der Waals surface area contributed by atoms with Crippen LogP contribution in [-0.2, 0) is 6.54 Å². The SMILES string of the molecule is NCc1ccc(C(=O)NCC2CCC2)o1. The van der Waals surface area contributed by atoms with Gasteiger partial charge in [-0.25, -0.2) is 0 Å². The van der Waals surface area contributed by atoms with Gasteiger partial charge in [0.25, 0.3) is 5.91 Å². The molecule has 1 fully saturated rings. The third-order valence-corrected chi connectivity index (χ3v) is 2.86. The van der Waals surface area contributed by atoms with E-state index >= 15 is 0 Å². The molecule has 0 saturated heterocycles. The van der Waals surface area contributed by atoms with Crippen LogP contribution in [0.25, 0.3) is 0 Å². The first-order valence-electron chi connectivity index (χ1n) is 5.36. The van der Waals surface area contributed by atoms with E-state index in [1.165, 1.54) is 19.3 Å². The minimum atomic E-state index is -0.137. The molecule has 0 aromatic carbocycles. The summed E-state index contributed by atoms with van der Waals surface area (Å²) < 4.78 is 5.24. The lowest BCUT2D eigenvalue weighted by Gasteiger charge is -2.25. The molecule has 0 radical (unpaired) electrons. The first kappa shape index (κ1) is 10.2. The quantitative estimate of drug-likeness (QED) is 0.782. The van der Waals surface area contributed by atoms with Gasteiger partial charge >= 0.3 is 0 Å². The predicted octanol–water partition coefficient (Wildman–Crippen LogP) is 1.27. The number of rotatable bonds is 4. The Morgan fingerprint density at radius 3 is 2.87 bits per heavy atom. The smallest absolute Gasteiger partial charge is 0.287 e. The molecule has 0 bridgehead atoms. The van der Waals surface area contributed by atoms with Crippen molar-refractivity contribution in [2.45, 2.75) is 25.8 Å². The van der Waals surface area contributed by atoms with Crippen LogP contribution in [0.2, 0.25) is 0 Å². The zero-order chi connectivity index (χ0) is 10.7. The number of amides is 1. The first-order valence-corrected chi connectivity index (χ1v) is 5.36. The van der Waals surface area contributed by atoms with E-state index in [9.17, 15) is 4.79 Å². The Labute approximate surface area is 88.8 Å². The monoisotopic (exact) mass is 208 g/mol. The van der Waals surface area contributed by atoms with Crippen molar-refractivity contribution in [2.24, 2.45) is 11.7 Å².